The van der Waals surface area contributed by atoms with Gasteiger partial charge >= 0.3 is 5.97 Å². The van der Waals surface area contributed by atoms with Gasteiger partial charge in [-0.05, 0) is 63.4 Å². The third-order valence-electron chi connectivity index (χ3n) is 6.12. The first-order valence-electron chi connectivity index (χ1n) is 11.7. The second-order valence-electron chi connectivity index (χ2n) is 8.87. The number of unbranched alkanes of at least 4 members (excludes halogenated alkanes) is 1. The van der Waals surface area contributed by atoms with Crippen molar-refractivity contribution in [3.8, 4) is 0 Å². The van der Waals surface area contributed by atoms with Crippen LogP contribution in [0.4, 0.5) is 11.8 Å². The molecule has 2 aromatic rings. The monoisotopic (exact) mass is 439 g/mol. The summed E-state index contributed by atoms with van der Waals surface area (Å²) >= 11 is 0. The summed E-state index contributed by atoms with van der Waals surface area (Å²) in [5.41, 5.74) is 9.91. The molecule has 1 aromatic carbocycles. The highest BCUT2D eigenvalue weighted by atomic mass is 16.5. The van der Waals surface area contributed by atoms with E-state index in [0.29, 0.717) is 31.3 Å². The first kappa shape index (κ1) is 24.0. The topological polar surface area (TPSA) is 93.4 Å². The molecule has 2 heterocycles. The maximum absolute atomic E-state index is 12.3. The Morgan fingerprint density at radius 1 is 1.19 bits per heavy atom. The Morgan fingerprint density at radius 3 is 2.56 bits per heavy atom. The molecule has 1 aromatic heterocycles. The molecule has 0 amide bonds. The van der Waals surface area contributed by atoms with Crippen LogP contribution in [-0.2, 0) is 22.4 Å². The molecule has 1 aliphatic heterocycles. The number of hydrogen-bond acceptors (Lipinski definition) is 7. The quantitative estimate of drug-likeness (QED) is 0.431. The summed E-state index contributed by atoms with van der Waals surface area (Å²) in [6.45, 7) is 7.68. The van der Waals surface area contributed by atoms with E-state index in [1.807, 2.05) is 19.1 Å². The lowest BCUT2D eigenvalue weighted by molar-refractivity contribution is -0.144. The van der Waals surface area contributed by atoms with Crippen LogP contribution in [0.2, 0.25) is 0 Å². The average molecular weight is 440 g/mol. The number of carbonyl (C=O) groups is 1. The number of carbonyl (C=O) groups excluding carboxylic acids is 1. The molecule has 7 heteroatoms. The summed E-state index contributed by atoms with van der Waals surface area (Å²) in [5, 5.41) is 3.40. The van der Waals surface area contributed by atoms with Crippen molar-refractivity contribution in [1.29, 1.82) is 0 Å². The second kappa shape index (κ2) is 11.8. The minimum absolute atomic E-state index is 0.151. The highest BCUT2D eigenvalue weighted by Crippen LogP contribution is 2.22. The number of likely N-dealkylation sites (tertiary alicyclic amines) is 1. The first-order chi connectivity index (χ1) is 15.4. The van der Waals surface area contributed by atoms with Crippen molar-refractivity contribution in [2.75, 3.05) is 44.3 Å². The van der Waals surface area contributed by atoms with Crippen molar-refractivity contribution < 1.29 is 9.53 Å². The zero-order valence-electron chi connectivity index (χ0n) is 19.7. The molecule has 0 unspecified atom stereocenters. The number of piperidine rings is 1. The Labute approximate surface area is 191 Å². The number of hydrogen-bond donors (Lipinski definition) is 2. The minimum atomic E-state index is -0.151. The molecule has 0 bridgehead atoms. The highest BCUT2D eigenvalue weighted by Gasteiger charge is 2.18. The molecule has 1 fully saturated rings. The molecule has 0 atom stereocenters. The molecule has 32 heavy (non-hydrogen) atoms. The largest absolute Gasteiger partial charge is 0.465 e. The van der Waals surface area contributed by atoms with Crippen LogP contribution in [0.1, 0.15) is 55.0 Å². The fraction of sp³-hybridized carbons (Fsp3) is 0.560. The van der Waals surface area contributed by atoms with Crippen LogP contribution >= 0.6 is 0 Å². The van der Waals surface area contributed by atoms with Crippen molar-refractivity contribution in [1.82, 2.24) is 14.9 Å². The lowest BCUT2D eigenvalue weighted by Gasteiger charge is -2.28. The van der Waals surface area contributed by atoms with Crippen molar-refractivity contribution in [3.05, 3.63) is 46.6 Å². The predicted molar refractivity (Wildman–Crippen MR) is 129 cm³/mol. The maximum atomic E-state index is 12.3. The SMILES string of the molecule is CCCCNc1nc(N)nc(C)c1Cc1ccc(CC(=O)OCC2CCN(C)CC2)cc1. The Balaban J connectivity index is 1.55. The van der Waals surface area contributed by atoms with Gasteiger partial charge < -0.3 is 20.7 Å². The number of rotatable bonds is 10. The number of anilines is 2. The second-order valence-corrected chi connectivity index (χ2v) is 8.87. The van der Waals surface area contributed by atoms with E-state index in [0.717, 1.165) is 73.5 Å². The van der Waals surface area contributed by atoms with Crippen LogP contribution in [-0.4, -0.2) is 54.1 Å². The van der Waals surface area contributed by atoms with Gasteiger partial charge in [0.05, 0.1) is 13.0 Å². The molecule has 174 valence electrons. The lowest BCUT2D eigenvalue weighted by atomic mass is 9.98. The van der Waals surface area contributed by atoms with Crippen LogP contribution in [0.25, 0.3) is 0 Å². The number of ether oxygens (including phenoxy) is 1. The van der Waals surface area contributed by atoms with Crippen LogP contribution in [0.5, 0.6) is 0 Å². The standard InChI is InChI=1S/C25H37N5O2/c1-4-5-12-27-24-22(18(2)28-25(26)29-24)15-19-6-8-20(9-7-19)16-23(31)32-17-21-10-13-30(3)14-11-21/h6-9,21H,4-5,10-17H2,1-3H3,(H3,26,27,28,29). The van der Waals surface area contributed by atoms with Crippen LogP contribution in [0.3, 0.4) is 0 Å². The molecule has 1 saturated heterocycles. The van der Waals surface area contributed by atoms with Gasteiger partial charge in [-0.2, -0.15) is 4.98 Å². The van der Waals surface area contributed by atoms with Crippen molar-refractivity contribution >= 4 is 17.7 Å². The molecule has 0 radical (unpaired) electrons. The molecular weight excluding hydrogens is 402 g/mol. The van der Waals surface area contributed by atoms with Gasteiger partial charge in [-0.15, -0.1) is 0 Å². The predicted octanol–water partition coefficient (Wildman–Crippen LogP) is 3.60. The Hall–Kier alpha value is -2.67. The van der Waals surface area contributed by atoms with E-state index < -0.39 is 0 Å². The van der Waals surface area contributed by atoms with Gasteiger partial charge in [-0.1, -0.05) is 37.6 Å². The fourth-order valence-electron chi connectivity index (χ4n) is 4.00. The van der Waals surface area contributed by atoms with Gasteiger partial charge in [0.1, 0.15) is 5.82 Å². The number of aromatic nitrogens is 2. The smallest absolute Gasteiger partial charge is 0.310 e. The zero-order chi connectivity index (χ0) is 22.9. The van der Waals surface area contributed by atoms with Crippen LogP contribution < -0.4 is 11.1 Å². The summed E-state index contributed by atoms with van der Waals surface area (Å²) in [6.07, 6.45) is 5.40. The van der Waals surface area contributed by atoms with Gasteiger partial charge in [0, 0.05) is 24.2 Å². The van der Waals surface area contributed by atoms with Gasteiger partial charge in [-0.3, -0.25) is 4.79 Å². The van der Waals surface area contributed by atoms with E-state index in [-0.39, 0.29) is 5.97 Å². The van der Waals surface area contributed by atoms with Gasteiger partial charge in [0.2, 0.25) is 5.95 Å². The number of nitrogen functional groups attached to an aromatic ring is 1. The summed E-state index contributed by atoms with van der Waals surface area (Å²) in [5.74, 6) is 1.44. The first-order valence-corrected chi connectivity index (χ1v) is 11.7. The van der Waals surface area contributed by atoms with E-state index in [9.17, 15) is 4.79 Å². The molecule has 0 saturated carbocycles. The van der Waals surface area contributed by atoms with E-state index in [2.05, 4.69) is 46.3 Å². The van der Waals surface area contributed by atoms with Crippen LogP contribution in [0, 0.1) is 12.8 Å². The van der Waals surface area contributed by atoms with Crippen molar-refractivity contribution in [3.63, 3.8) is 0 Å². The normalized spacial score (nSPS) is 15.0. The van der Waals surface area contributed by atoms with Gasteiger partial charge in [-0.25, -0.2) is 4.98 Å². The number of esters is 1. The zero-order valence-corrected chi connectivity index (χ0v) is 19.7. The number of nitrogens with one attached hydrogen (secondary N) is 1. The Bertz CT molecular complexity index is 877. The van der Waals surface area contributed by atoms with Gasteiger partial charge in [0.15, 0.2) is 0 Å². The lowest BCUT2D eigenvalue weighted by Crippen LogP contribution is -2.32. The fourth-order valence-corrected chi connectivity index (χ4v) is 4.00. The Kier molecular flexibility index (Phi) is 8.85. The summed E-state index contributed by atoms with van der Waals surface area (Å²) < 4.78 is 5.54. The van der Waals surface area contributed by atoms with E-state index in [4.69, 9.17) is 10.5 Å². The molecule has 3 N–H and O–H groups in total. The minimum Gasteiger partial charge on any atom is -0.465 e. The van der Waals surface area contributed by atoms with E-state index in [1.54, 1.807) is 0 Å². The molecule has 0 spiro atoms. The van der Waals surface area contributed by atoms with E-state index in [1.165, 1.54) is 0 Å². The summed E-state index contributed by atoms with van der Waals surface area (Å²) in [7, 11) is 2.14. The summed E-state index contributed by atoms with van der Waals surface area (Å²) in [6, 6.07) is 8.13. The summed E-state index contributed by atoms with van der Waals surface area (Å²) in [4.78, 5) is 23.3. The number of benzene rings is 1. The third-order valence-corrected chi connectivity index (χ3v) is 6.12. The Morgan fingerprint density at radius 2 is 1.88 bits per heavy atom. The van der Waals surface area contributed by atoms with E-state index >= 15 is 0 Å². The maximum Gasteiger partial charge on any atom is 0.310 e. The third kappa shape index (κ3) is 7.19. The molecule has 3 rings (SSSR count). The number of aryl methyl sites for hydroxylation is 1. The van der Waals surface area contributed by atoms with Crippen molar-refractivity contribution in [2.45, 2.75) is 52.4 Å². The molecular formula is C25H37N5O2. The highest BCUT2D eigenvalue weighted by molar-refractivity contribution is 5.72. The molecule has 0 aliphatic carbocycles. The van der Waals surface area contributed by atoms with Crippen molar-refractivity contribution in [2.24, 2.45) is 5.92 Å². The molecule has 1 aliphatic rings. The number of nitrogens with two attached hydrogens (primary N) is 1. The molecule has 7 nitrogen and oxygen atoms in total. The van der Waals surface area contributed by atoms with Gasteiger partial charge in [0.25, 0.3) is 0 Å². The number of nitrogens with zero attached hydrogens (tertiary/aromatic N) is 3. The average Bonchev–Trinajstić information content (AvgIpc) is 2.77. The van der Waals surface area contributed by atoms with Crippen LogP contribution in [0.15, 0.2) is 24.3 Å².